The number of nitroso groups, excluding NO2 is 1. The lowest BCUT2D eigenvalue weighted by Crippen LogP contribution is -1.98. The molecule has 0 amide bonds. The van der Waals surface area contributed by atoms with E-state index in [1.165, 1.54) is 12.1 Å². The van der Waals surface area contributed by atoms with E-state index in [2.05, 4.69) is 25.5 Å². The molecule has 0 aliphatic heterocycles. The number of fused-ring (bicyclic) bond motifs is 1. The Labute approximate surface area is 135 Å². The Balaban J connectivity index is 1.83. The van der Waals surface area contributed by atoms with E-state index in [0.717, 1.165) is 16.8 Å². The first kappa shape index (κ1) is 14.2. The standard InChI is InChI=1S/C16H11FN6O/c17-11-3-1-10(2-4-11)16-13(9-19-21-16)14-5-6-15-18-7-12(8-20-24)23(15)22-14/h1-7,9H,8H2,(H,19,21). The fraction of sp³-hybridized carbons (Fsp3) is 0.0625. The minimum absolute atomic E-state index is 0.00612. The molecule has 24 heavy (non-hydrogen) atoms. The van der Waals surface area contributed by atoms with Crippen LogP contribution in [0.4, 0.5) is 4.39 Å². The lowest BCUT2D eigenvalue weighted by Gasteiger charge is -2.04. The highest BCUT2D eigenvalue weighted by Gasteiger charge is 2.13. The van der Waals surface area contributed by atoms with Crippen molar-refractivity contribution in [1.29, 1.82) is 0 Å². The van der Waals surface area contributed by atoms with Gasteiger partial charge in [0.1, 0.15) is 12.4 Å². The maximum atomic E-state index is 13.1. The smallest absolute Gasteiger partial charge is 0.153 e. The minimum Gasteiger partial charge on any atom is -0.277 e. The van der Waals surface area contributed by atoms with Crippen LogP contribution in [0.2, 0.25) is 0 Å². The quantitative estimate of drug-likeness (QED) is 0.584. The van der Waals surface area contributed by atoms with Crippen molar-refractivity contribution in [3.8, 4) is 22.5 Å². The molecule has 7 nitrogen and oxygen atoms in total. The lowest BCUT2D eigenvalue weighted by atomic mass is 10.1. The minimum atomic E-state index is -0.302. The zero-order valence-corrected chi connectivity index (χ0v) is 12.3. The zero-order valence-electron chi connectivity index (χ0n) is 12.3. The first-order chi connectivity index (χ1) is 11.8. The van der Waals surface area contributed by atoms with Gasteiger partial charge in [-0.2, -0.15) is 15.1 Å². The number of H-pyrrole nitrogens is 1. The Morgan fingerprint density at radius 3 is 2.75 bits per heavy atom. The summed E-state index contributed by atoms with van der Waals surface area (Å²) in [5.74, 6) is -0.302. The van der Waals surface area contributed by atoms with Crippen LogP contribution in [0, 0.1) is 10.7 Å². The van der Waals surface area contributed by atoms with Gasteiger partial charge in [0.25, 0.3) is 0 Å². The average molecular weight is 322 g/mol. The number of aromatic amines is 1. The molecule has 4 aromatic rings. The van der Waals surface area contributed by atoms with E-state index >= 15 is 0 Å². The summed E-state index contributed by atoms with van der Waals surface area (Å²) in [6, 6.07) is 9.74. The molecule has 0 fully saturated rings. The molecule has 0 saturated carbocycles. The van der Waals surface area contributed by atoms with Crippen molar-refractivity contribution >= 4 is 5.65 Å². The second-order valence-electron chi connectivity index (χ2n) is 5.19. The number of benzene rings is 1. The molecule has 8 heteroatoms. The van der Waals surface area contributed by atoms with Crippen LogP contribution in [-0.4, -0.2) is 24.8 Å². The van der Waals surface area contributed by atoms with Crippen molar-refractivity contribution in [1.82, 2.24) is 24.8 Å². The van der Waals surface area contributed by atoms with E-state index in [1.54, 1.807) is 35.1 Å². The molecule has 1 aromatic carbocycles. The highest BCUT2D eigenvalue weighted by atomic mass is 19.1. The van der Waals surface area contributed by atoms with Crippen molar-refractivity contribution < 1.29 is 4.39 Å². The highest BCUT2D eigenvalue weighted by molar-refractivity contribution is 5.78. The number of hydrogen-bond acceptors (Lipinski definition) is 5. The van der Waals surface area contributed by atoms with E-state index in [4.69, 9.17) is 0 Å². The Morgan fingerprint density at radius 2 is 1.96 bits per heavy atom. The van der Waals surface area contributed by atoms with E-state index in [9.17, 15) is 9.30 Å². The first-order valence-corrected chi connectivity index (χ1v) is 7.19. The van der Waals surface area contributed by atoms with Gasteiger partial charge in [-0.05, 0) is 36.4 Å². The molecule has 0 spiro atoms. The summed E-state index contributed by atoms with van der Waals surface area (Å²) in [6.45, 7) is -0.00612. The van der Waals surface area contributed by atoms with E-state index in [-0.39, 0.29) is 12.4 Å². The predicted octanol–water partition coefficient (Wildman–Crippen LogP) is 3.19. The Hall–Kier alpha value is -3.42. The second-order valence-corrected chi connectivity index (χ2v) is 5.19. The molecular formula is C16H11FN6O. The molecule has 1 N–H and O–H groups in total. The predicted molar refractivity (Wildman–Crippen MR) is 85.5 cm³/mol. The van der Waals surface area contributed by atoms with Crippen LogP contribution >= 0.6 is 0 Å². The van der Waals surface area contributed by atoms with Gasteiger partial charge in [0, 0.05) is 11.1 Å². The second kappa shape index (κ2) is 5.65. The van der Waals surface area contributed by atoms with Crippen LogP contribution in [-0.2, 0) is 6.54 Å². The molecule has 4 rings (SSSR count). The summed E-state index contributed by atoms with van der Waals surface area (Å²) in [5, 5.41) is 14.4. The molecule has 3 aromatic heterocycles. The summed E-state index contributed by atoms with van der Waals surface area (Å²) >= 11 is 0. The molecule has 3 heterocycles. The monoisotopic (exact) mass is 322 g/mol. The normalized spacial score (nSPS) is 11.0. The zero-order chi connectivity index (χ0) is 16.5. The van der Waals surface area contributed by atoms with Crippen molar-refractivity contribution in [3.05, 3.63) is 65.2 Å². The summed E-state index contributed by atoms with van der Waals surface area (Å²) in [4.78, 5) is 14.7. The van der Waals surface area contributed by atoms with Gasteiger partial charge in [0.2, 0.25) is 0 Å². The van der Waals surface area contributed by atoms with Gasteiger partial charge in [-0.25, -0.2) is 13.9 Å². The van der Waals surface area contributed by atoms with Crippen LogP contribution in [0.3, 0.4) is 0 Å². The third kappa shape index (κ3) is 2.34. The fourth-order valence-electron chi connectivity index (χ4n) is 2.56. The molecule has 0 aliphatic rings. The Morgan fingerprint density at radius 1 is 1.12 bits per heavy atom. The average Bonchev–Trinajstić information content (AvgIpc) is 3.23. The molecule has 118 valence electrons. The Bertz CT molecular complexity index is 1020. The van der Waals surface area contributed by atoms with Crippen LogP contribution in [0.15, 0.2) is 54.0 Å². The molecule has 0 bridgehead atoms. The van der Waals surface area contributed by atoms with E-state index in [1.807, 2.05) is 6.07 Å². The van der Waals surface area contributed by atoms with Gasteiger partial charge < -0.3 is 0 Å². The lowest BCUT2D eigenvalue weighted by molar-refractivity contribution is 0.628. The number of rotatable bonds is 4. The van der Waals surface area contributed by atoms with Gasteiger partial charge in [-0.15, -0.1) is 0 Å². The SMILES string of the molecule is O=NCc1cnc2ccc(-c3cn[nH]c3-c3ccc(F)cc3)nn12. The van der Waals surface area contributed by atoms with Gasteiger partial charge in [-0.1, -0.05) is 5.18 Å². The number of aromatic nitrogens is 5. The number of hydrogen-bond donors (Lipinski definition) is 1. The van der Waals surface area contributed by atoms with Gasteiger partial charge >= 0.3 is 0 Å². The molecule has 0 saturated heterocycles. The molecule has 0 unspecified atom stereocenters. The van der Waals surface area contributed by atoms with Crippen molar-refractivity contribution in [2.75, 3.05) is 0 Å². The maximum absolute atomic E-state index is 13.1. The van der Waals surface area contributed by atoms with E-state index in [0.29, 0.717) is 17.0 Å². The number of nitrogens with zero attached hydrogens (tertiary/aromatic N) is 5. The van der Waals surface area contributed by atoms with Gasteiger partial charge in [0.15, 0.2) is 5.65 Å². The molecule has 0 aliphatic carbocycles. The third-order valence-corrected chi connectivity index (χ3v) is 3.71. The van der Waals surface area contributed by atoms with E-state index < -0.39 is 0 Å². The van der Waals surface area contributed by atoms with Crippen LogP contribution in [0.25, 0.3) is 28.2 Å². The summed E-state index contributed by atoms with van der Waals surface area (Å²) in [6.07, 6.45) is 3.23. The number of nitrogens with one attached hydrogen (secondary N) is 1. The van der Waals surface area contributed by atoms with Gasteiger partial charge in [-0.3, -0.25) is 5.10 Å². The summed E-state index contributed by atoms with van der Waals surface area (Å²) in [7, 11) is 0. The molecular weight excluding hydrogens is 311 g/mol. The van der Waals surface area contributed by atoms with Crippen LogP contribution in [0.5, 0.6) is 0 Å². The largest absolute Gasteiger partial charge is 0.277 e. The molecule has 0 atom stereocenters. The van der Waals surface area contributed by atoms with Crippen molar-refractivity contribution in [3.63, 3.8) is 0 Å². The summed E-state index contributed by atoms with van der Waals surface area (Å²) < 4.78 is 14.7. The van der Waals surface area contributed by atoms with Crippen LogP contribution in [0.1, 0.15) is 5.69 Å². The molecule has 0 radical (unpaired) electrons. The van der Waals surface area contributed by atoms with Crippen LogP contribution < -0.4 is 0 Å². The first-order valence-electron chi connectivity index (χ1n) is 7.19. The Kier molecular flexibility index (Phi) is 3.34. The highest BCUT2D eigenvalue weighted by Crippen LogP contribution is 2.29. The fourth-order valence-corrected chi connectivity index (χ4v) is 2.56. The maximum Gasteiger partial charge on any atom is 0.153 e. The van der Waals surface area contributed by atoms with Crippen molar-refractivity contribution in [2.45, 2.75) is 6.54 Å². The third-order valence-electron chi connectivity index (χ3n) is 3.71. The number of halogens is 1. The number of imidazole rings is 1. The topological polar surface area (TPSA) is 88.3 Å². The van der Waals surface area contributed by atoms with Crippen molar-refractivity contribution in [2.24, 2.45) is 5.18 Å². The van der Waals surface area contributed by atoms with Gasteiger partial charge in [0.05, 0.1) is 29.5 Å². The summed E-state index contributed by atoms with van der Waals surface area (Å²) in [5.41, 5.74) is 4.18.